The van der Waals surface area contributed by atoms with Crippen LogP contribution in [0.2, 0.25) is 0 Å². The molecule has 2 aromatic heterocycles. The quantitative estimate of drug-likeness (QED) is 0.678. The highest BCUT2D eigenvalue weighted by atomic mass is 32.2. The molecule has 0 radical (unpaired) electrons. The first-order valence-corrected chi connectivity index (χ1v) is 12.8. The predicted molar refractivity (Wildman–Crippen MR) is 122 cm³/mol. The van der Waals surface area contributed by atoms with Crippen LogP contribution in [0.15, 0.2) is 42.7 Å². The third kappa shape index (κ3) is 3.87. The molecule has 0 unspecified atom stereocenters. The van der Waals surface area contributed by atoms with Crippen LogP contribution in [-0.2, 0) is 14.6 Å². The maximum Gasteiger partial charge on any atom is 0.226 e. The molecule has 6 nitrogen and oxygen atoms in total. The summed E-state index contributed by atoms with van der Waals surface area (Å²) >= 11 is 0. The molecule has 0 bridgehead atoms. The molecule has 2 saturated heterocycles. The van der Waals surface area contributed by atoms with E-state index in [1.54, 1.807) is 0 Å². The summed E-state index contributed by atoms with van der Waals surface area (Å²) in [7, 11) is -3.07. The van der Waals surface area contributed by atoms with E-state index in [4.69, 9.17) is 0 Å². The Morgan fingerprint density at radius 1 is 1.16 bits per heavy atom. The second-order valence-electron chi connectivity index (χ2n) is 8.92. The second-order valence-corrected chi connectivity index (χ2v) is 11.2. The van der Waals surface area contributed by atoms with Gasteiger partial charge >= 0.3 is 0 Å². The lowest BCUT2D eigenvalue weighted by Crippen LogP contribution is -2.42. The van der Waals surface area contributed by atoms with Gasteiger partial charge in [-0.05, 0) is 56.0 Å². The molecule has 162 valence electrons. The van der Waals surface area contributed by atoms with Crippen LogP contribution < -0.4 is 0 Å². The number of aromatic amines is 1. The van der Waals surface area contributed by atoms with Gasteiger partial charge < -0.3 is 9.88 Å². The van der Waals surface area contributed by atoms with E-state index in [0.29, 0.717) is 19.5 Å². The van der Waals surface area contributed by atoms with Gasteiger partial charge in [0, 0.05) is 53.6 Å². The fraction of sp³-hybridized carbons (Fsp3) is 0.417. The highest BCUT2D eigenvalue weighted by molar-refractivity contribution is 7.91. The van der Waals surface area contributed by atoms with Crippen LogP contribution >= 0.6 is 0 Å². The first kappa shape index (κ1) is 20.2. The topological polar surface area (TPSA) is 83.1 Å². The SMILES string of the molecule is Cc1ccc2[nH]c([C@H]3CCCN(C(=O)[C@H]4CCS(=O)(=O)C4)C3)c(-c3ccncc3)c2c1. The first-order chi connectivity index (χ1) is 14.9. The number of hydrogen-bond acceptors (Lipinski definition) is 4. The Bertz CT molecular complexity index is 1230. The number of piperidine rings is 1. The Morgan fingerprint density at radius 2 is 1.97 bits per heavy atom. The number of nitrogens with zero attached hydrogens (tertiary/aromatic N) is 2. The van der Waals surface area contributed by atoms with Gasteiger partial charge in [0.15, 0.2) is 9.84 Å². The molecule has 2 atom stereocenters. The van der Waals surface area contributed by atoms with E-state index in [-0.39, 0.29) is 29.2 Å². The number of H-pyrrole nitrogens is 1. The normalized spacial score (nSPS) is 23.3. The summed E-state index contributed by atoms with van der Waals surface area (Å²) in [6.45, 7) is 3.42. The van der Waals surface area contributed by atoms with E-state index in [0.717, 1.165) is 29.6 Å². The summed E-state index contributed by atoms with van der Waals surface area (Å²) in [5.41, 5.74) is 5.76. The van der Waals surface area contributed by atoms with Crippen LogP contribution in [0.4, 0.5) is 0 Å². The minimum Gasteiger partial charge on any atom is -0.358 e. The molecule has 7 heteroatoms. The van der Waals surface area contributed by atoms with Crippen LogP contribution in [0.3, 0.4) is 0 Å². The molecule has 0 spiro atoms. The Labute approximate surface area is 182 Å². The summed E-state index contributed by atoms with van der Waals surface area (Å²) in [5, 5.41) is 1.19. The van der Waals surface area contributed by atoms with Crippen LogP contribution in [0, 0.1) is 12.8 Å². The Kier molecular flexibility index (Phi) is 5.08. The van der Waals surface area contributed by atoms with E-state index >= 15 is 0 Å². The number of nitrogens with one attached hydrogen (secondary N) is 1. The van der Waals surface area contributed by atoms with Gasteiger partial charge in [0.1, 0.15) is 0 Å². The van der Waals surface area contributed by atoms with Crippen molar-refractivity contribution in [2.75, 3.05) is 24.6 Å². The second kappa shape index (κ2) is 7.79. The summed E-state index contributed by atoms with van der Waals surface area (Å²) in [6, 6.07) is 10.5. The molecule has 1 N–H and O–H groups in total. The molecule has 5 rings (SSSR count). The number of pyridine rings is 1. The van der Waals surface area contributed by atoms with Crippen LogP contribution in [0.25, 0.3) is 22.0 Å². The van der Waals surface area contributed by atoms with E-state index in [9.17, 15) is 13.2 Å². The summed E-state index contributed by atoms with van der Waals surface area (Å²) in [5.74, 6) is -0.0571. The molecule has 3 aromatic rings. The number of sulfone groups is 1. The fourth-order valence-electron chi connectivity index (χ4n) is 5.12. The van der Waals surface area contributed by atoms with Crippen molar-refractivity contribution in [2.24, 2.45) is 5.92 Å². The third-order valence-corrected chi connectivity index (χ3v) is 8.44. The van der Waals surface area contributed by atoms with Crippen molar-refractivity contribution in [3.63, 3.8) is 0 Å². The van der Waals surface area contributed by atoms with E-state index in [2.05, 4.69) is 35.1 Å². The van der Waals surface area contributed by atoms with Crippen molar-refractivity contribution < 1.29 is 13.2 Å². The average Bonchev–Trinajstić information content (AvgIpc) is 3.33. The lowest BCUT2D eigenvalue weighted by atomic mass is 9.89. The minimum atomic E-state index is -3.07. The molecule has 0 saturated carbocycles. The van der Waals surface area contributed by atoms with Crippen molar-refractivity contribution in [3.8, 4) is 11.1 Å². The van der Waals surface area contributed by atoms with Gasteiger partial charge in [-0.3, -0.25) is 9.78 Å². The molecule has 31 heavy (non-hydrogen) atoms. The molecule has 2 aliphatic heterocycles. The van der Waals surface area contributed by atoms with Crippen LogP contribution in [0.1, 0.15) is 36.4 Å². The van der Waals surface area contributed by atoms with Gasteiger partial charge in [0.05, 0.1) is 17.4 Å². The van der Waals surface area contributed by atoms with Gasteiger partial charge in [-0.1, -0.05) is 11.6 Å². The van der Waals surface area contributed by atoms with E-state index < -0.39 is 9.84 Å². The summed E-state index contributed by atoms with van der Waals surface area (Å²) in [6.07, 6.45) is 5.99. The van der Waals surface area contributed by atoms with Crippen molar-refractivity contribution in [1.82, 2.24) is 14.9 Å². The third-order valence-electron chi connectivity index (χ3n) is 6.68. The van der Waals surface area contributed by atoms with Crippen molar-refractivity contribution in [3.05, 3.63) is 54.0 Å². The van der Waals surface area contributed by atoms with Gasteiger partial charge in [0.25, 0.3) is 0 Å². The number of hydrogen-bond donors (Lipinski definition) is 1. The lowest BCUT2D eigenvalue weighted by Gasteiger charge is -2.34. The molecule has 1 aromatic carbocycles. The first-order valence-electron chi connectivity index (χ1n) is 10.9. The number of carbonyl (C=O) groups is 1. The highest BCUT2D eigenvalue weighted by Gasteiger charge is 2.37. The van der Waals surface area contributed by atoms with E-state index in [1.807, 2.05) is 29.4 Å². The number of aryl methyl sites for hydroxylation is 1. The number of fused-ring (bicyclic) bond motifs is 1. The largest absolute Gasteiger partial charge is 0.358 e. The van der Waals surface area contributed by atoms with Gasteiger partial charge in [-0.15, -0.1) is 0 Å². The maximum atomic E-state index is 13.1. The summed E-state index contributed by atoms with van der Waals surface area (Å²) < 4.78 is 23.7. The van der Waals surface area contributed by atoms with Crippen molar-refractivity contribution in [1.29, 1.82) is 0 Å². The Balaban J connectivity index is 1.50. The Morgan fingerprint density at radius 3 is 2.71 bits per heavy atom. The van der Waals surface area contributed by atoms with Gasteiger partial charge in [0.2, 0.25) is 5.91 Å². The molecular weight excluding hydrogens is 410 g/mol. The number of carbonyl (C=O) groups excluding carboxylic acids is 1. The number of benzene rings is 1. The number of rotatable bonds is 3. The van der Waals surface area contributed by atoms with Crippen LogP contribution in [0.5, 0.6) is 0 Å². The van der Waals surface area contributed by atoms with Gasteiger partial charge in [-0.25, -0.2) is 8.42 Å². The smallest absolute Gasteiger partial charge is 0.226 e. The number of likely N-dealkylation sites (tertiary alicyclic amines) is 1. The Hall–Kier alpha value is -2.67. The predicted octanol–water partition coefficient (Wildman–Crippen LogP) is 3.68. The molecule has 2 aliphatic rings. The minimum absolute atomic E-state index is 0.000923. The van der Waals surface area contributed by atoms with Crippen molar-refractivity contribution >= 4 is 26.6 Å². The zero-order chi connectivity index (χ0) is 21.6. The zero-order valence-electron chi connectivity index (χ0n) is 17.7. The van der Waals surface area contributed by atoms with Crippen molar-refractivity contribution in [2.45, 2.75) is 32.1 Å². The molecular formula is C24H27N3O3S. The van der Waals surface area contributed by atoms with Crippen LogP contribution in [-0.4, -0.2) is 53.8 Å². The molecule has 2 fully saturated rings. The lowest BCUT2D eigenvalue weighted by molar-refractivity contribution is -0.136. The van der Waals surface area contributed by atoms with Gasteiger partial charge in [-0.2, -0.15) is 0 Å². The van der Waals surface area contributed by atoms with E-state index in [1.165, 1.54) is 16.5 Å². The fourth-order valence-corrected chi connectivity index (χ4v) is 6.86. The number of amides is 1. The molecule has 1 amide bonds. The molecule has 0 aliphatic carbocycles. The highest BCUT2D eigenvalue weighted by Crippen LogP contribution is 2.40. The monoisotopic (exact) mass is 437 g/mol. The summed E-state index contributed by atoms with van der Waals surface area (Å²) in [4.78, 5) is 22.8. The zero-order valence-corrected chi connectivity index (χ0v) is 18.5. The standard InChI is InChI=1S/C24H27N3O3S/c1-16-4-5-21-20(13-16)22(17-6-9-25-10-7-17)23(26-21)18-3-2-11-27(14-18)24(28)19-8-12-31(29,30)15-19/h4-7,9-10,13,18-19,26H,2-3,8,11-12,14-15H2,1H3/t18-,19-/m0/s1. The average molecular weight is 438 g/mol. The maximum absolute atomic E-state index is 13.1. The number of aromatic nitrogens is 2. The molecule has 4 heterocycles.